The van der Waals surface area contributed by atoms with E-state index in [2.05, 4.69) is 10.4 Å². The molecule has 0 radical (unpaired) electrons. The summed E-state index contributed by atoms with van der Waals surface area (Å²) in [6, 6.07) is 14.0. The van der Waals surface area contributed by atoms with Crippen molar-refractivity contribution in [2.75, 3.05) is 5.32 Å². The van der Waals surface area contributed by atoms with Crippen LogP contribution in [0, 0.1) is 13.8 Å². The molecule has 0 fully saturated rings. The molecule has 0 aliphatic rings. The zero-order valence-electron chi connectivity index (χ0n) is 14.8. The number of amides is 1. The van der Waals surface area contributed by atoms with Gasteiger partial charge in [-0.05, 0) is 43.7 Å². The van der Waals surface area contributed by atoms with E-state index in [1.165, 1.54) is 12.1 Å². The first-order chi connectivity index (χ1) is 12.7. The van der Waals surface area contributed by atoms with Crippen molar-refractivity contribution in [2.24, 2.45) is 0 Å². The van der Waals surface area contributed by atoms with Gasteiger partial charge in [-0.3, -0.25) is 9.48 Å². The molecular formula is C20H18F3N3O. The number of aryl methyl sites for hydroxylation is 2. The molecule has 3 rings (SSSR count). The highest BCUT2D eigenvalue weighted by atomic mass is 19.4. The third-order valence-electron chi connectivity index (χ3n) is 4.04. The number of nitrogens with zero attached hydrogens (tertiary/aromatic N) is 2. The molecule has 1 amide bonds. The van der Waals surface area contributed by atoms with Gasteiger partial charge in [0.1, 0.15) is 5.69 Å². The van der Waals surface area contributed by atoms with Crippen LogP contribution in [0.3, 0.4) is 0 Å². The van der Waals surface area contributed by atoms with Crippen LogP contribution in [0.2, 0.25) is 0 Å². The van der Waals surface area contributed by atoms with Crippen LogP contribution in [0.15, 0.2) is 54.6 Å². The Morgan fingerprint density at radius 2 is 1.78 bits per heavy atom. The molecule has 3 aromatic rings. The van der Waals surface area contributed by atoms with Crippen LogP contribution in [0.5, 0.6) is 0 Å². The highest BCUT2D eigenvalue weighted by Gasteiger charge is 2.30. The van der Waals surface area contributed by atoms with E-state index in [1.54, 1.807) is 17.7 Å². The van der Waals surface area contributed by atoms with Gasteiger partial charge in [-0.25, -0.2) is 0 Å². The number of benzene rings is 2. The van der Waals surface area contributed by atoms with E-state index >= 15 is 0 Å². The molecule has 0 spiro atoms. The maximum atomic E-state index is 12.8. The van der Waals surface area contributed by atoms with Crippen molar-refractivity contribution in [2.45, 2.75) is 26.6 Å². The normalized spacial score (nSPS) is 11.4. The first-order valence-electron chi connectivity index (χ1n) is 8.31. The second-order valence-electron chi connectivity index (χ2n) is 6.35. The Labute approximate surface area is 154 Å². The summed E-state index contributed by atoms with van der Waals surface area (Å²) in [4.78, 5) is 12.6. The van der Waals surface area contributed by atoms with Crippen LogP contribution in [-0.2, 0) is 12.7 Å². The number of carbonyl (C=O) groups is 1. The highest BCUT2D eigenvalue weighted by Crippen LogP contribution is 2.30. The van der Waals surface area contributed by atoms with Gasteiger partial charge < -0.3 is 5.32 Å². The van der Waals surface area contributed by atoms with Crippen molar-refractivity contribution in [3.63, 3.8) is 0 Å². The number of aromatic nitrogens is 2. The van der Waals surface area contributed by atoms with Crippen LogP contribution in [-0.4, -0.2) is 15.7 Å². The van der Waals surface area contributed by atoms with Crippen LogP contribution in [0.4, 0.5) is 18.9 Å². The number of halogens is 3. The van der Waals surface area contributed by atoms with E-state index in [9.17, 15) is 18.0 Å². The molecule has 1 N–H and O–H groups in total. The van der Waals surface area contributed by atoms with E-state index in [1.807, 2.05) is 31.2 Å². The van der Waals surface area contributed by atoms with E-state index < -0.39 is 17.6 Å². The minimum atomic E-state index is -4.47. The zero-order chi connectivity index (χ0) is 19.6. The molecule has 1 aromatic heterocycles. The minimum absolute atomic E-state index is 0.0792. The summed E-state index contributed by atoms with van der Waals surface area (Å²) in [5, 5.41) is 6.84. The first kappa shape index (κ1) is 18.7. The maximum absolute atomic E-state index is 12.8. The average molecular weight is 373 g/mol. The fourth-order valence-electron chi connectivity index (χ4n) is 2.68. The molecule has 4 nitrogen and oxygen atoms in total. The van der Waals surface area contributed by atoms with E-state index in [4.69, 9.17) is 0 Å². The van der Waals surface area contributed by atoms with Crippen molar-refractivity contribution in [1.82, 2.24) is 9.78 Å². The number of carbonyl (C=O) groups excluding carboxylic acids is 1. The number of hydrogen-bond acceptors (Lipinski definition) is 2. The van der Waals surface area contributed by atoms with Crippen molar-refractivity contribution in [3.05, 3.63) is 82.7 Å². The van der Waals surface area contributed by atoms with Gasteiger partial charge in [0.15, 0.2) is 0 Å². The van der Waals surface area contributed by atoms with Crippen molar-refractivity contribution in [3.8, 4) is 0 Å². The lowest BCUT2D eigenvalue weighted by molar-refractivity contribution is -0.137. The number of alkyl halides is 3. The lowest BCUT2D eigenvalue weighted by Crippen LogP contribution is -2.18. The SMILES string of the molecule is Cc1ccc(Cn2nc(C)cc2C(=O)Nc2cccc(C(F)(F)F)c2)cc1. The maximum Gasteiger partial charge on any atom is 0.416 e. The summed E-state index contributed by atoms with van der Waals surface area (Å²) < 4.78 is 40.1. The summed E-state index contributed by atoms with van der Waals surface area (Å²) in [5.74, 6) is -0.512. The molecule has 27 heavy (non-hydrogen) atoms. The molecule has 0 saturated heterocycles. The highest BCUT2D eigenvalue weighted by molar-refractivity contribution is 6.03. The Morgan fingerprint density at radius 3 is 2.44 bits per heavy atom. The summed E-state index contributed by atoms with van der Waals surface area (Å²) >= 11 is 0. The quantitative estimate of drug-likeness (QED) is 0.713. The Balaban J connectivity index is 1.82. The van der Waals surface area contributed by atoms with Crippen molar-refractivity contribution >= 4 is 11.6 Å². The fraction of sp³-hybridized carbons (Fsp3) is 0.200. The minimum Gasteiger partial charge on any atom is -0.321 e. The van der Waals surface area contributed by atoms with Gasteiger partial charge in [-0.1, -0.05) is 35.9 Å². The molecular weight excluding hydrogens is 355 g/mol. The monoisotopic (exact) mass is 373 g/mol. The molecule has 7 heteroatoms. The topological polar surface area (TPSA) is 46.9 Å². The van der Waals surface area contributed by atoms with Crippen LogP contribution in [0.1, 0.15) is 32.9 Å². The van der Waals surface area contributed by atoms with E-state index in [0.29, 0.717) is 12.2 Å². The van der Waals surface area contributed by atoms with Crippen LogP contribution >= 0.6 is 0 Å². The van der Waals surface area contributed by atoms with Crippen molar-refractivity contribution in [1.29, 1.82) is 0 Å². The van der Waals surface area contributed by atoms with Crippen LogP contribution in [0.25, 0.3) is 0 Å². The third kappa shape index (κ3) is 4.55. The number of hydrogen-bond donors (Lipinski definition) is 1. The average Bonchev–Trinajstić information content (AvgIpc) is 2.97. The summed E-state index contributed by atoms with van der Waals surface area (Å²) in [7, 11) is 0. The van der Waals surface area contributed by atoms with Gasteiger partial charge in [0.2, 0.25) is 0 Å². The molecule has 1 heterocycles. The predicted octanol–water partition coefficient (Wildman–Crippen LogP) is 4.82. The second-order valence-corrected chi connectivity index (χ2v) is 6.35. The first-order valence-corrected chi connectivity index (χ1v) is 8.31. The van der Waals surface area contributed by atoms with E-state index in [0.717, 1.165) is 23.3 Å². The van der Waals surface area contributed by atoms with E-state index in [-0.39, 0.29) is 11.4 Å². The van der Waals surface area contributed by atoms with Gasteiger partial charge in [0, 0.05) is 5.69 Å². The van der Waals surface area contributed by atoms with Gasteiger partial charge in [0.05, 0.1) is 17.8 Å². The zero-order valence-corrected chi connectivity index (χ0v) is 14.8. The fourth-order valence-corrected chi connectivity index (χ4v) is 2.68. The molecule has 0 unspecified atom stereocenters. The molecule has 0 saturated carbocycles. The summed E-state index contributed by atoms with van der Waals surface area (Å²) in [5.41, 5.74) is 2.29. The van der Waals surface area contributed by atoms with Gasteiger partial charge in [-0.2, -0.15) is 18.3 Å². The summed E-state index contributed by atoms with van der Waals surface area (Å²) in [6.45, 7) is 4.13. The Hall–Kier alpha value is -3.09. The third-order valence-corrected chi connectivity index (χ3v) is 4.04. The second kappa shape index (κ2) is 7.26. The molecule has 0 bridgehead atoms. The Kier molecular flexibility index (Phi) is 5.03. The predicted molar refractivity (Wildman–Crippen MR) is 96.6 cm³/mol. The van der Waals surface area contributed by atoms with Gasteiger partial charge in [0.25, 0.3) is 5.91 Å². The Morgan fingerprint density at radius 1 is 1.07 bits per heavy atom. The molecule has 2 aromatic carbocycles. The van der Waals surface area contributed by atoms with Gasteiger partial charge in [-0.15, -0.1) is 0 Å². The molecule has 0 aliphatic heterocycles. The summed E-state index contributed by atoms with van der Waals surface area (Å²) in [6.07, 6.45) is -4.47. The van der Waals surface area contributed by atoms with Crippen molar-refractivity contribution < 1.29 is 18.0 Å². The molecule has 0 aliphatic carbocycles. The molecule has 0 atom stereocenters. The number of rotatable bonds is 4. The smallest absolute Gasteiger partial charge is 0.321 e. The number of nitrogens with one attached hydrogen (secondary N) is 1. The van der Waals surface area contributed by atoms with Crippen LogP contribution < -0.4 is 5.32 Å². The number of anilines is 1. The lowest BCUT2D eigenvalue weighted by atomic mass is 10.1. The van der Waals surface area contributed by atoms with Gasteiger partial charge >= 0.3 is 6.18 Å². The molecule has 140 valence electrons. The standard InChI is InChI=1S/C20H18F3N3O/c1-13-6-8-15(9-7-13)12-26-18(10-14(2)25-26)19(27)24-17-5-3-4-16(11-17)20(21,22)23/h3-11H,12H2,1-2H3,(H,24,27). The largest absolute Gasteiger partial charge is 0.416 e. The lowest BCUT2D eigenvalue weighted by Gasteiger charge is -2.11. The Bertz CT molecular complexity index is 959.